The Morgan fingerprint density at radius 3 is 2.34 bits per heavy atom. The number of carboxylic acid groups (broad SMARTS) is 1. The number of carbonyl (C=O) groups is 3. The molecule has 7 nitrogen and oxygen atoms in total. The number of hydrogen-bond acceptors (Lipinski definition) is 5. The maximum atomic E-state index is 13.1. The second-order valence-corrected chi connectivity index (χ2v) is 7.77. The number of aromatic nitrogens is 2. The highest BCUT2D eigenvalue weighted by Crippen LogP contribution is 2.27. The molecule has 150 valence electrons. The summed E-state index contributed by atoms with van der Waals surface area (Å²) >= 11 is 0. The van der Waals surface area contributed by atoms with Crippen molar-refractivity contribution in [1.29, 1.82) is 0 Å². The molecule has 0 bridgehead atoms. The van der Waals surface area contributed by atoms with Gasteiger partial charge in [-0.15, -0.1) is 0 Å². The Labute approximate surface area is 167 Å². The van der Waals surface area contributed by atoms with Gasteiger partial charge in [0.2, 0.25) is 5.78 Å². The Morgan fingerprint density at radius 1 is 1.14 bits per heavy atom. The van der Waals surface area contributed by atoms with Crippen LogP contribution in [0.4, 0.5) is 0 Å². The van der Waals surface area contributed by atoms with Crippen LogP contribution in [0.1, 0.15) is 47.2 Å². The molecule has 0 radical (unpaired) electrons. The van der Waals surface area contributed by atoms with Crippen molar-refractivity contribution >= 4 is 28.4 Å². The molecule has 0 atom stereocenters. The Bertz CT molecular complexity index is 1100. The molecule has 0 spiro atoms. The number of nitrogens with zero attached hydrogens (tertiary/aromatic N) is 2. The fourth-order valence-electron chi connectivity index (χ4n) is 2.84. The summed E-state index contributed by atoms with van der Waals surface area (Å²) in [5.74, 6) is -0.841. The second-order valence-electron chi connectivity index (χ2n) is 7.77. The Kier molecular flexibility index (Phi) is 5.24. The van der Waals surface area contributed by atoms with Gasteiger partial charge in [0.25, 0.3) is 0 Å². The summed E-state index contributed by atoms with van der Waals surface area (Å²) in [6.07, 6.45) is 0. The minimum absolute atomic E-state index is 0.0190. The topological polar surface area (TPSA) is 98.5 Å². The van der Waals surface area contributed by atoms with Crippen LogP contribution in [0.25, 0.3) is 10.9 Å². The number of ketones is 2. The van der Waals surface area contributed by atoms with Crippen LogP contribution < -0.4 is 4.74 Å². The highest BCUT2D eigenvalue weighted by Gasteiger charge is 2.25. The summed E-state index contributed by atoms with van der Waals surface area (Å²) in [6.45, 7) is 5.52. The van der Waals surface area contributed by atoms with Gasteiger partial charge in [-0.1, -0.05) is 32.9 Å². The van der Waals surface area contributed by atoms with Gasteiger partial charge in [-0.25, -0.2) is 4.79 Å². The highest BCUT2D eigenvalue weighted by molar-refractivity contribution is 6.15. The lowest BCUT2D eigenvalue weighted by molar-refractivity contribution is -0.127. The average molecular weight is 396 g/mol. The van der Waals surface area contributed by atoms with Gasteiger partial charge in [0, 0.05) is 22.4 Å². The molecule has 0 saturated carbocycles. The first-order chi connectivity index (χ1) is 13.6. The number of methoxy groups -OCH3 is 1. The molecule has 7 heteroatoms. The predicted molar refractivity (Wildman–Crippen MR) is 108 cm³/mol. The number of carbonyl (C=O) groups excluding carboxylic acids is 2. The second kappa shape index (κ2) is 7.50. The smallest absolute Gasteiger partial charge is 0.335 e. The third-order valence-electron chi connectivity index (χ3n) is 4.70. The zero-order valence-electron chi connectivity index (χ0n) is 16.7. The predicted octanol–water partition coefficient (Wildman–Crippen LogP) is 3.59. The van der Waals surface area contributed by atoms with Crippen molar-refractivity contribution < 1.29 is 24.2 Å². The molecule has 0 fully saturated rings. The van der Waals surface area contributed by atoms with Crippen LogP contribution in [0.3, 0.4) is 0 Å². The molecule has 2 aromatic carbocycles. The average Bonchev–Trinajstić information content (AvgIpc) is 3.04. The fraction of sp³-hybridized carbons (Fsp3) is 0.273. The molecule has 1 N–H and O–H groups in total. The van der Waals surface area contributed by atoms with E-state index in [2.05, 4.69) is 5.10 Å². The maximum Gasteiger partial charge on any atom is 0.335 e. The molecule has 29 heavy (non-hydrogen) atoms. The molecule has 0 saturated heterocycles. The summed E-state index contributed by atoms with van der Waals surface area (Å²) < 4.78 is 6.79. The van der Waals surface area contributed by atoms with E-state index < -0.39 is 11.4 Å². The van der Waals surface area contributed by atoms with Gasteiger partial charge >= 0.3 is 5.97 Å². The van der Waals surface area contributed by atoms with E-state index in [0.29, 0.717) is 22.2 Å². The van der Waals surface area contributed by atoms with Crippen molar-refractivity contribution in [3.63, 3.8) is 0 Å². The van der Waals surface area contributed by atoms with Crippen LogP contribution in [0.2, 0.25) is 0 Å². The molecule has 1 heterocycles. The number of rotatable bonds is 6. The van der Waals surface area contributed by atoms with E-state index in [4.69, 9.17) is 9.84 Å². The number of benzene rings is 2. The van der Waals surface area contributed by atoms with E-state index in [-0.39, 0.29) is 29.4 Å². The summed E-state index contributed by atoms with van der Waals surface area (Å²) in [5, 5.41) is 14.1. The normalized spacial score (nSPS) is 11.4. The number of carboxylic acids is 1. The van der Waals surface area contributed by atoms with E-state index >= 15 is 0 Å². The van der Waals surface area contributed by atoms with E-state index in [1.54, 1.807) is 18.2 Å². The van der Waals surface area contributed by atoms with Gasteiger partial charge in [-0.05, 0) is 24.3 Å². The zero-order chi connectivity index (χ0) is 21.3. The van der Waals surface area contributed by atoms with Crippen LogP contribution in [0.5, 0.6) is 5.75 Å². The lowest BCUT2D eigenvalue weighted by Gasteiger charge is -2.16. The van der Waals surface area contributed by atoms with Crippen molar-refractivity contribution in [2.75, 3.05) is 7.11 Å². The van der Waals surface area contributed by atoms with Gasteiger partial charge in [0.15, 0.2) is 5.78 Å². The number of ether oxygens (including phenoxy) is 1. The Balaban J connectivity index is 2.08. The van der Waals surface area contributed by atoms with Crippen LogP contribution in [-0.4, -0.2) is 39.5 Å². The molecule has 0 aliphatic heterocycles. The van der Waals surface area contributed by atoms with Crippen LogP contribution in [0, 0.1) is 5.41 Å². The minimum Gasteiger partial charge on any atom is -0.497 e. The molecular formula is C22H22N2O5. The monoisotopic (exact) mass is 396 g/mol. The van der Waals surface area contributed by atoms with Crippen LogP contribution in [0.15, 0.2) is 42.5 Å². The number of fused-ring (bicyclic) bond motifs is 1. The third kappa shape index (κ3) is 4.03. The summed E-state index contributed by atoms with van der Waals surface area (Å²) in [6, 6.07) is 10.9. The summed E-state index contributed by atoms with van der Waals surface area (Å²) in [4.78, 5) is 36.6. The van der Waals surface area contributed by atoms with Gasteiger partial charge in [0.1, 0.15) is 18.0 Å². The Hall–Kier alpha value is -3.48. The summed E-state index contributed by atoms with van der Waals surface area (Å²) in [7, 11) is 1.54. The molecule has 0 aliphatic carbocycles. The molecule has 3 aromatic rings. The van der Waals surface area contributed by atoms with Crippen molar-refractivity contribution in [1.82, 2.24) is 9.78 Å². The maximum absolute atomic E-state index is 13.1. The quantitative estimate of drug-likeness (QED) is 0.640. The highest BCUT2D eigenvalue weighted by atomic mass is 16.6. The van der Waals surface area contributed by atoms with Gasteiger partial charge < -0.3 is 9.84 Å². The number of hydrogen-bond donors (Lipinski definition) is 1. The summed E-state index contributed by atoms with van der Waals surface area (Å²) in [5.41, 5.74) is 0.686. The van der Waals surface area contributed by atoms with Crippen LogP contribution >= 0.6 is 0 Å². The van der Waals surface area contributed by atoms with E-state index in [1.807, 2.05) is 20.8 Å². The lowest BCUT2D eigenvalue weighted by atomic mass is 9.91. The molecular weight excluding hydrogens is 374 g/mol. The SMILES string of the molecule is COc1ccc2c(C(=O)c3ccc([14C](=O)O)cc3)nn(CC(=O)C(C)(C)C)c2c1. The molecule has 1 aromatic heterocycles. The standard InChI is InChI=1S/C22H22N2O5/c1-22(2,3)18(25)12-24-17-11-15(29-4)9-10-16(17)19(23-24)20(26)13-5-7-14(8-6-13)21(27)28/h5-11H,12H2,1-4H3,(H,27,28)/i21+2. The minimum atomic E-state index is -1.06. The Morgan fingerprint density at radius 2 is 1.79 bits per heavy atom. The van der Waals surface area contributed by atoms with E-state index in [9.17, 15) is 14.4 Å². The number of Topliss-reactive ketones (excluding diaryl/α,β-unsaturated/α-hetero) is 1. The van der Waals surface area contributed by atoms with Crippen molar-refractivity contribution in [2.45, 2.75) is 27.3 Å². The first-order valence-electron chi connectivity index (χ1n) is 9.07. The fourth-order valence-corrected chi connectivity index (χ4v) is 2.84. The molecule has 3 rings (SSSR count). The van der Waals surface area contributed by atoms with Crippen molar-refractivity contribution in [3.8, 4) is 5.75 Å². The van der Waals surface area contributed by atoms with Crippen molar-refractivity contribution in [2.24, 2.45) is 5.41 Å². The first kappa shape index (κ1) is 20.3. The van der Waals surface area contributed by atoms with E-state index in [0.717, 1.165) is 0 Å². The van der Waals surface area contributed by atoms with Crippen molar-refractivity contribution in [3.05, 3.63) is 59.3 Å². The number of aromatic carboxylic acids is 1. The largest absolute Gasteiger partial charge is 0.497 e. The third-order valence-corrected chi connectivity index (χ3v) is 4.70. The zero-order valence-corrected chi connectivity index (χ0v) is 16.7. The molecule has 0 aliphatic rings. The van der Waals surface area contributed by atoms with Gasteiger partial charge in [-0.3, -0.25) is 14.3 Å². The molecule has 0 unspecified atom stereocenters. The van der Waals surface area contributed by atoms with E-state index in [1.165, 1.54) is 36.1 Å². The molecule has 0 amide bonds. The van der Waals surface area contributed by atoms with Gasteiger partial charge in [0.05, 0.1) is 18.2 Å². The first-order valence-corrected chi connectivity index (χ1v) is 9.07. The van der Waals surface area contributed by atoms with Gasteiger partial charge in [-0.2, -0.15) is 5.10 Å². The van der Waals surface area contributed by atoms with Crippen LogP contribution in [-0.2, 0) is 11.3 Å². The lowest BCUT2D eigenvalue weighted by Crippen LogP contribution is -2.25.